The van der Waals surface area contributed by atoms with E-state index in [1.807, 2.05) is 0 Å². The summed E-state index contributed by atoms with van der Waals surface area (Å²) in [5, 5.41) is 0. The second kappa shape index (κ2) is 4.35. The molecule has 0 amide bonds. The van der Waals surface area contributed by atoms with Crippen LogP contribution in [0.15, 0.2) is 42.0 Å². The SMILES string of the molecule is C/C=C\C=C1/Cc2c(cccc2C2(C)CC2C)C1(C)C. The predicted molar refractivity (Wildman–Crippen MR) is 87.2 cm³/mol. The van der Waals surface area contributed by atoms with Crippen LogP contribution in [0.1, 0.15) is 57.7 Å². The molecular formula is C20H26. The summed E-state index contributed by atoms with van der Waals surface area (Å²) in [6, 6.07) is 6.98. The molecule has 0 aliphatic heterocycles. The monoisotopic (exact) mass is 266 g/mol. The quantitative estimate of drug-likeness (QED) is 0.679. The number of rotatable bonds is 2. The van der Waals surface area contributed by atoms with Crippen LogP contribution in [-0.4, -0.2) is 0 Å². The molecule has 0 spiro atoms. The molecular weight excluding hydrogens is 240 g/mol. The molecule has 1 fully saturated rings. The Morgan fingerprint density at radius 2 is 1.80 bits per heavy atom. The summed E-state index contributed by atoms with van der Waals surface area (Å²) >= 11 is 0. The van der Waals surface area contributed by atoms with E-state index < -0.39 is 0 Å². The molecule has 1 saturated carbocycles. The van der Waals surface area contributed by atoms with E-state index in [0.717, 1.165) is 12.3 Å². The molecule has 0 nitrogen and oxygen atoms in total. The second-order valence-electron chi connectivity index (χ2n) is 7.37. The van der Waals surface area contributed by atoms with Crippen LogP contribution in [0, 0.1) is 5.92 Å². The number of hydrogen-bond donors (Lipinski definition) is 0. The van der Waals surface area contributed by atoms with Crippen LogP contribution in [0.5, 0.6) is 0 Å². The van der Waals surface area contributed by atoms with Crippen LogP contribution in [-0.2, 0) is 17.3 Å². The van der Waals surface area contributed by atoms with Crippen molar-refractivity contribution in [1.82, 2.24) is 0 Å². The molecule has 2 atom stereocenters. The highest BCUT2D eigenvalue weighted by Gasteiger charge is 2.50. The Labute approximate surface area is 123 Å². The van der Waals surface area contributed by atoms with Crippen LogP contribution >= 0.6 is 0 Å². The van der Waals surface area contributed by atoms with E-state index in [1.54, 1.807) is 22.3 Å². The molecule has 106 valence electrons. The molecule has 0 saturated heterocycles. The molecule has 0 N–H and O–H groups in total. The van der Waals surface area contributed by atoms with E-state index in [0.29, 0.717) is 5.41 Å². The van der Waals surface area contributed by atoms with Crippen molar-refractivity contribution in [3.63, 3.8) is 0 Å². The van der Waals surface area contributed by atoms with Gasteiger partial charge in [0, 0.05) is 5.41 Å². The van der Waals surface area contributed by atoms with Crippen LogP contribution in [0.2, 0.25) is 0 Å². The van der Waals surface area contributed by atoms with Gasteiger partial charge in [-0.15, -0.1) is 0 Å². The van der Waals surface area contributed by atoms with Crippen LogP contribution in [0.25, 0.3) is 0 Å². The maximum Gasteiger partial charge on any atom is 0.0114 e. The Hall–Kier alpha value is -1.30. The molecule has 1 aromatic rings. The highest BCUT2D eigenvalue weighted by atomic mass is 14.5. The third kappa shape index (κ3) is 1.81. The highest BCUT2D eigenvalue weighted by molar-refractivity contribution is 5.56. The van der Waals surface area contributed by atoms with Crippen molar-refractivity contribution >= 4 is 0 Å². The number of benzene rings is 1. The molecule has 2 unspecified atom stereocenters. The summed E-state index contributed by atoms with van der Waals surface area (Å²) in [5.41, 5.74) is 6.93. The van der Waals surface area contributed by atoms with E-state index in [4.69, 9.17) is 0 Å². The summed E-state index contributed by atoms with van der Waals surface area (Å²) in [6.45, 7) is 11.7. The average Bonchev–Trinajstić information content (AvgIpc) is 2.93. The van der Waals surface area contributed by atoms with Crippen LogP contribution in [0.4, 0.5) is 0 Å². The summed E-state index contributed by atoms with van der Waals surface area (Å²) < 4.78 is 0. The zero-order valence-electron chi connectivity index (χ0n) is 13.5. The van der Waals surface area contributed by atoms with Gasteiger partial charge in [0.25, 0.3) is 0 Å². The minimum absolute atomic E-state index is 0.180. The van der Waals surface area contributed by atoms with E-state index >= 15 is 0 Å². The smallest absolute Gasteiger partial charge is 0.0114 e. The van der Waals surface area contributed by atoms with Gasteiger partial charge in [0.1, 0.15) is 0 Å². The van der Waals surface area contributed by atoms with Crippen molar-refractivity contribution in [2.75, 3.05) is 0 Å². The molecule has 2 aliphatic rings. The lowest BCUT2D eigenvalue weighted by atomic mass is 9.81. The largest absolute Gasteiger partial charge is 0.0877 e. The fourth-order valence-corrected chi connectivity index (χ4v) is 3.91. The first-order chi connectivity index (χ1) is 9.41. The zero-order chi connectivity index (χ0) is 14.5. The summed E-state index contributed by atoms with van der Waals surface area (Å²) in [4.78, 5) is 0. The number of fused-ring (bicyclic) bond motifs is 1. The Morgan fingerprint density at radius 1 is 1.15 bits per heavy atom. The van der Waals surface area contributed by atoms with Crippen molar-refractivity contribution in [2.24, 2.45) is 5.92 Å². The second-order valence-corrected chi connectivity index (χ2v) is 7.37. The summed E-state index contributed by atoms with van der Waals surface area (Å²) in [7, 11) is 0. The van der Waals surface area contributed by atoms with Gasteiger partial charge in [-0.2, -0.15) is 0 Å². The molecule has 2 aliphatic carbocycles. The maximum absolute atomic E-state index is 2.44. The predicted octanol–water partition coefficient (Wildman–Crippen LogP) is 5.32. The summed E-state index contributed by atoms with van der Waals surface area (Å²) in [6.07, 6.45) is 9.10. The summed E-state index contributed by atoms with van der Waals surface area (Å²) in [5.74, 6) is 0.834. The first kappa shape index (κ1) is 13.7. The molecule has 1 aromatic carbocycles. The lowest BCUT2D eigenvalue weighted by Gasteiger charge is -2.22. The highest BCUT2D eigenvalue weighted by Crippen LogP contribution is 2.57. The Kier molecular flexibility index (Phi) is 2.97. The van der Waals surface area contributed by atoms with Gasteiger partial charge in [-0.1, -0.05) is 69.7 Å². The molecule has 0 bridgehead atoms. The first-order valence-corrected chi connectivity index (χ1v) is 7.86. The van der Waals surface area contributed by atoms with Gasteiger partial charge in [-0.3, -0.25) is 0 Å². The lowest BCUT2D eigenvalue weighted by molar-refractivity contribution is 0.643. The Balaban J connectivity index is 2.11. The molecule has 0 heteroatoms. The third-order valence-electron chi connectivity index (χ3n) is 5.78. The third-order valence-corrected chi connectivity index (χ3v) is 5.78. The minimum atomic E-state index is 0.180. The average molecular weight is 266 g/mol. The van der Waals surface area contributed by atoms with E-state index in [-0.39, 0.29) is 5.41 Å². The minimum Gasteiger partial charge on any atom is -0.0877 e. The van der Waals surface area contributed by atoms with Gasteiger partial charge in [0.05, 0.1) is 0 Å². The van der Waals surface area contributed by atoms with Gasteiger partial charge in [0.15, 0.2) is 0 Å². The van der Waals surface area contributed by atoms with Crippen molar-refractivity contribution in [3.8, 4) is 0 Å². The standard InChI is InChI=1S/C20H26/c1-6-7-9-15-12-16-17(19(15,3)4)10-8-11-18(16)20(5)13-14(20)2/h6-11,14H,12-13H2,1-5H3/b7-6-,15-9+. The zero-order valence-corrected chi connectivity index (χ0v) is 13.5. The lowest BCUT2D eigenvalue weighted by Crippen LogP contribution is -2.15. The molecule has 0 heterocycles. The fourth-order valence-electron chi connectivity index (χ4n) is 3.91. The molecule has 0 radical (unpaired) electrons. The maximum atomic E-state index is 2.44. The normalized spacial score (nSPS) is 32.9. The van der Waals surface area contributed by atoms with Gasteiger partial charge < -0.3 is 0 Å². The molecule has 3 rings (SSSR count). The van der Waals surface area contributed by atoms with Gasteiger partial charge in [-0.25, -0.2) is 0 Å². The van der Waals surface area contributed by atoms with Gasteiger partial charge in [0.2, 0.25) is 0 Å². The molecule has 0 aromatic heterocycles. The van der Waals surface area contributed by atoms with E-state index in [9.17, 15) is 0 Å². The van der Waals surface area contributed by atoms with E-state index in [2.05, 4.69) is 71.0 Å². The van der Waals surface area contributed by atoms with Gasteiger partial charge >= 0.3 is 0 Å². The Morgan fingerprint density at radius 3 is 2.40 bits per heavy atom. The number of allylic oxidation sites excluding steroid dienone is 4. The Bertz CT molecular complexity index is 600. The van der Waals surface area contributed by atoms with Crippen LogP contribution < -0.4 is 0 Å². The van der Waals surface area contributed by atoms with Crippen molar-refractivity contribution in [2.45, 2.75) is 58.3 Å². The van der Waals surface area contributed by atoms with Crippen molar-refractivity contribution in [3.05, 3.63) is 58.7 Å². The van der Waals surface area contributed by atoms with Gasteiger partial charge in [-0.05, 0) is 47.8 Å². The molecule has 20 heavy (non-hydrogen) atoms. The van der Waals surface area contributed by atoms with Crippen LogP contribution in [0.3, 0.4) is 0 Å². The first-order valence-electron chi connectivity index (χ1n) is 7.86. The topological polar surface area (TPSA) is 0 Å². The van der Waals surface area contributed by atoms with E-state index in [1.165, 1.54) is 6.42 Å². The fraction of sp³-hybridized carbons (Fsp3) is 0.500. The number of hydrogen-bond acceptors (Lipinski definition) is 0. The van der Waals surface area contributed by atoms with Crippen molar-refractivity contribution in [1.29, 1.82) is 0 Å². The van der Waals surface area contributed by atoms with Crippen molar-refractivity contribution < 1.29 is 0 Å².